The van der Waals surface area contributed by atoms with Gasteiger partial charge in [-0.3, -0.25) is 0 Å². The first-order valence-corrected chi connectivity index (χ1v) is 21.8. The van der Waals surface area contributed by atoms with Crippen molar-refractivity contribution in [1.29, 1.82) is 0 Å². The number of rotatable bonds is 8. The number of hydrogen-bond acceptors (Lipinski definition) is 0. The zero-order chi connectivity index (χ0) is 23.0. The Balaban J connectivity index is 0.00000204. The van der Waals surface area contributed by atoms with E-state index in [0.717, 1.165) is 0 Å². The van der Waals surface area contributed by atoms with Crippen LogP contribution in [-0.2, 0) is 21.3 Å². The summed E-state index contributed by atoms with van der Waals surface area (Å²) in [5.41, 5.74) is 9.97. The van der Waals surface area contributed by atoms with Crippen LogP contribution in [-0.4, -0.2) is 21.8 Å². The monoisotopic (exact) mass is 604 g/mol. The van der Waals surface area contributed by atoms with E-state index in [2.05, 4.69) is 90.1 Å². The minimum absolute atomic E-state index is 0. The van der Waals surface area contributed by atoms with E-state index < -0.39 is 38.9 Å². The first-order valence-electron chi connectivity index (χ1n) is 12.8. The Morgan fingerprint density at radius 3 is 1.29 bits per heavy atom. The molecule has 34 heavy (non-hydrogen) atoms. The Kier molecular flexibility index (Phi) is 11.2. The van der Waals surface area contributed by atoms with Crippen molar-refractivity contribution in [3.8, 4) is 0 Å². The van der Waals surface area contributed by atoms with Gasteiger partial charge in [0.15, 0.2) is 0 Å². The average molecular weight is 607 g/mol. The van der Waals surface area contributed by atoms with Crippen molar-refractivity contribution < 1.29 is 46.1 Å². The van der Waals surface area contributed by atoms with Crippen LogP contribution < -0.4 is 24.8 Å². The molecule has 0 amide bonds. The summed E-state index contributed by atoms with van der Waals surface area (Å²) in [5, 5.41) is 3.61. The topological polar surface area (TPSA) is 0 Å². The summed E-state index contributed by atoms with van der Waals surface area (Å²) in [6, 6.07) is 24.4. The second kappa shape index (κ2) is 12.8. The summed E-state index contributed by atoms with van der Waals surface area (Å²) in [4.78, 5) is 0. The minimum Gasteiger partial charge on any atom is -1.00 e. The van der Waals surface area contributed by atoms with Crippen molar-refractivity contribution in [2.45, 2.75) is 73.0 Å². The molecule has 2 unspecified atom stereocenters. The standard InChI is InChI=1S/2C14H19Si.CH2.2ClH.Zr/c2*1-4-15(5-2)14-11(3)10-12-8-6-7-9-13(12)14;;;;/h2*6-10,15H,4-5H2,1-3H3;1H2;2*1H;/q;;;;;+2/p-2. The quantitative estimate of drug-likeness (QED) is 0.402. The van der Waals surface area contributed by atoms with Gasteiger partial charge < -0.3 is 24.8 Å². The Bertz CT molecular complexity index is 1010. The van der Waals surface area contributed by atoms with Crippen LogP contribution in [0.5, 0.6) is 0 Å². The minimum atomic E-state index is -2.16. The predicted octanol–water partition coefficient (Wildman–Crippen LogP) is 1.71. The summed E-state index contributed by atoms with van der Waals surface area (Å²) in [6.45, 7) is 14.7. The fraction of sp³-hybridized carbons (Fsp3) is 0.414. The summed E-state index contributed by atoms with van der Waals surface area (Å²) in [5.74, 6) is 0. The summed E-state index contributed by atoms with van der Waals surface area (Å²) in [7, 11) is -1.79. The molecule has 0 N–H and O–H groups in total. The third kappa shape index (κ3) is 4.94. The zero-order valence-corrected chi connectivity index (χ0v) is 28.0. The largest absolute Gasteiger partial charge is 1.00 e. The number of allylic oxidation sites excluding steroid dienone is 2. The third-order valence-corrected chi connectivity index (χ3v) is 22.8. The van der Waals surface area contributed by atoms with Crippen molar-refractivity contribution in [2.24, 2.45) is 0 Å². The van der Waals surface area contributed by atoms with Crippen LogP contribution in [0.2, 0.25) is 24.2 Å². The molecule has 0 radical (unpaired) electrons. The number of fused-ring (bicyclic) bond motifs is 2. The fourth-order valence-electron chi connectivity index (χ4n) is 6.79. The summed E-state index contributed by atoms with van der Waals surface area (Å²) in [6.07, 6.45) is 0. The van der Waals surface area contributed by atoms with Gasteiger partial charge in [-0.05, 0) is 0 Å². The second-order valence-corrected chi connectivity index (χ2v) is 22.7. The second-order valence-electron chi connectivity index (χ2n) is 9.84. The maximum atomic E-state index is 5.15. The van der Waals surface area contributed by atoms with Gasteiger partial charge in [0.05, 0.1) is 0 Å². The maximum absolute atomic E-state index is 5.15. The van der Waals surface area contributed by atoms with Crippen molar-refractivity contribution in [1.82, 2.24) is 0 Å². The van der Waals surface area contributed by atoms with Crippen LogP contribution in [0.3, 0.4) is 0 Å². The Hall–Kier alpha value is -0.313. The molecule has 0 aromatic heterocycles. The van der Waals surface area contributed by atoms with Crippen molar-refractivity contribution >= 4 is 32.2 Å². The van der Waals surface area contributed by atoms with E-state index in [1.165, 1.54) is 24.2 Å². The smallest absolute Gasteiger partial charge is 1.00 e. The molecular weight excluding hydrogens is 567 g/mol. The van der Waals surface area contributed by atoms with E-state index >= 15 is 0 Å². The van der Waals surface area contributed by atoms with E-state index in [-0.39, 0.29) is 24.8 Å². The average Bonchev–Trinajstić information content (AvgIpc) is 3.27. The van der Waals surface area contributed by atoms with Gasteiger partial charge in [-0.25, -0.2) is 0 Å². The SMILES string of the molecule is [CH2]=[Zr+2]([CH]1C(C)=C([SiH](CC)CC)c2ccccc21)[CH]1C(C)=C([SiH](CC)CC)c2ccccc21.[Cl-].[Cl-]. The van der Waals surface area contributed by atoms with Crippen LogP contribution in [0.4, 0.5) is 0 Å². The number of benzene rings is 2. The molecule has 0 saturated carbocycles. The third-order valence-electron chi connectivity index (χ3n) is 8.37. The molecule has 0 aliphatic heterocycles. The molecule has 0 bridgehead atoms. The first kappa shape index (κ1) is 29.9. The van der Waals surface area contributed by atoms with Crippen molar-refractivity contribution in [3.63, 3.8) is 0 Å². The molecular formula is C29H40Cl2Si2Zr. The number of hydrogen-bond donors (Lipinski definition) is 0. The molecule has 2 aromatic carbocycles. The van der Waals surface area contributed by atoms with Gasteiger partial charge in [0, 0.05) is 0 Å². The van der Waals surface area contributed by atoms with E-state index in [0.29, 0.717) is 7.25 Å². The van der Waals surface area contributed by atoms with Crippen LogP contribution in [0.15, 0.2) is 59.7 Å². The predicted molar refractivity (Wildman–Crippen MR) is 147 cm³/mol. The fourth-order valence-corrected chi connectivity index (χ4v) is 20.9. The van der Waals surface area contributed by atoms with E-state index in [4.69, 9.17) is 4.21 Å². The molecule has 0 saturated heterocycles. The van der Waals surface area contributed by atoms with Gasteiger partial charge in [-0.2, -0.15) is 0 Å². The van der Waals surface area contributed by atoms with Crippen LogP contribution in [0, 0.1) is 0 Å². The van der Waals surface area contributed by atoms with Gasteiger partial charge in [0.25, 0.3) is 0 Å². The van der Waals surface area contributed by atoms with Crippen LogP contribution in [0.1, 0.15) is 71.0 Å². The van der Waals surface area contributed by atoms with E-state index in [9.17, 15) is 0 Å². The van der Waals surface area contributed by atoms with Crippen molar-refractivity contribution in [3.05, 3.63) is 81.9 Å². The summed E-state index contributed by atoms with van der Waals surface area (Å²) < 4.78 is 6.44. The van der Waals surface area contributed by atoms with Gasteiger partial charge in [-0.15, -0.1) is 0 Å². The van der Waals surface area contributed by atoms with Gasteiger partial charge in [0.2, 0.25) is 0 Å². The Labute approximate surface area is 231 Å². The van der Waals surface area contributed by atoms with E-state index in [1.807, 2.05) is 0 Å². The van der Waals surface area contributed by atoms with Crippen LogP contribution >= 0.6 is 0 Å². The molecule has 4 rings (SSSR count). The Morgan fingerprint density at radius 1 is 0.647 bits per heavy atom. The van der Waals surface area contributed by atoms with Gasteiger partial charge >= 0.3 is 208 Å². The Morgan fingerprint density at radius 2 is 0.971 bits per heavy atom. The molecule has 5 heteroatoms. The molecule has 0 fully saturated rings. The molecule has 2 aliphatic carbocycles. The number of halogens is 2. The molecule has 2 aromatic rings. The first-order chi connectivity index (χ1) is 15.5. The van der Waals surface area contributed by atoms with E-state index in [1.54, 1.807) is 43.8 Å². The van der Waals surface area contributed by atoms with Crippen molar-refractivity contribution in [2.75, 3.05) is 0 Å². The molecule has 2 aliphatic rings. The molecule has 0 spiro atoms. The molecule has 0 heterocycles. The maximum Gasteiger partial charge on any atom is -1.00 e. The van der Waals surface area contributed by atoms with Crippen LogP contribution in [0.25, 0.3) is 10.4 Å². The molecule has 182 valence electrons. The van der Waals surface area contributed by atoms with Gasteiger partial charge in [0.1, 0.15) is 0 Å². The zero-order valence-electron chi connectivity index (χ0n) is 21.7. The molecule has 2 atom stereocenters. The normalized spacial score (nSPS) is 18.4. The van der Waals surface area contributed by atoms with Gasteiger partial charge in [-0.1, -0.05) is 0 Å². The summed E-state index contributed by atoms with van der Waals surface area (Å²) >= 11 is -2.16. The molecule has 0 nitrogen and oxygen atoms in total.